The topological polar surface area (TPSA) is 66.9 Å². The van der Waals surface area contributed by atoms with E-state index < -0.39 is 16.1 Å². The largest absolute Gasteiger partial charge is 0.444 e. The minimum atomic E-state index is -3.45. The highest BCUT2D eigenvalue weighted by Crippen LogP contribution is 2.34. The maximum absolute atomic E-state index is 12.3. The number of rotatable bonds is 3. The van der Waals surface area contributed by atoms with Gasteiger partial charge >= 0.3 is 6.09 Å². The highest BCUT2D eigenvalue weighted by Gasteiger charge is 2.36. The number of hydrogen-bond acceptors (Lipinski definition) is 4. The first kappa shape index (κ1) is 22.7. The van der Waals surface area contributed by atoms with E-state index in [9.17, 15) is 13.2 Å². The van der Waals surface area contributed by atoms with E-state index in [0.717, 1.165) is 11.3 Å². The molecule has 0 atom stereocenters. The summed E-state index contributed by atoms with van der Waals surface area (Å²) in [6.45, 7) is 7.80. The van der Waals surface area contributed by atoms with E-state index in [2.05, 4.69) is 6.58 Å². The summed E-state index contributed by atoms with van der Waals surface area (Å²) in [5, 5.41) is 0.592. The van der Waals surface area contributed by atoms with Gasteiger partial charge < -0.3 is 4.74 Å². The summed E-state index contributed by atoms with van der Waals surface area (Å²) < 4.78 is 31.0. The van der Waals surface area contributed by atoms with Crippen molar-refractivity contribution in [2.24, 2.45) is 0 Å². The fraction of sp³-hybridized carbons (Fsp3) is 0.421. The molecular formula is C19H24Cl2N2O4S. The minimum Gasteiger partial charge on any atom is -0.444 e. The highest BCUT2D eigenvalue weighted by atomic mass is 35.5. The SMILES string of the molecule is C/C=C/Cl.C=C(C)S(=O)(=O)N1CCC(N2C(=O)OCc3cc(Cl)ccc32)CC1. The number of fused-ring (bicyclic) bond motifs is 1. The lowest BCUT2D eigenvalue weighted by atomic mass is 10.0. The molecule has 1 aromatic rings. The van der Waals surface area contributed by atoms with Crippen LogP contribution in [0.1, 0.15) is 32.3 Å². The number of hydrogen-bond donors (Lipinski definition) is 0. The molecule has 0 N–H and O–H groups in total. The Hall–Kier alpha value is -1.54. The number of amides is 1. The van der Waals surface area contributed by atoms with E-state index in [0.29, 0.717) is 31.0 Å². The van der Waals surface area contributed by atoms with Gasteiger partial charge in [-0.1, -0.05) is 35.9 Å². The summed E-state index contributed by atoms with van der Waals surface area (Å²) in [5.74, 6) is 0. The first-order valence-electron chi connectivity index (χ1n) is 8.83. The Morgan fingerprint density at radius 2 is 1.93 bits per heavy atom. The van der Waals surface area contributed by atoms with Crippen LogP contribution in [-0.4, -0.2) is 37.9 Å². The number of carbonyl (C=O) groups excluding carboxylic acids is 1. The van der Waals surface area contributed by atoms with Gasteiger partial charge in [-0.2, -0.15) is 4.31 Å². The number of cyclic esters (lactones) is 1. The molecule has 2 heterocycles. The van der Waals surface area contributed by atoms with Crippen molar-refractivity contribution in [2.75, 3.05) is 18.0 Å². The van der Waals surface area contributed by atoms with Crippen molar-refractivity contribution in [3.8, 4) is 0 Å². The van der Waals surface area contributed by atoms with Gasteiger partial charge in [0.1, 0.15) is 6.61 Å². The van der Waals surface area contributed by atoms with Crippen molar-refractivity contribution >= 4 is 45.0 Å². The number of sulfonamides is 1. The van der Waals surface area contributed by atoms with Gasteiger partial charge in [0.15, 0.2) is 0 Å². The summed E-state index contributed by atoms with van der Waals surface area (Å²) in [4.78, 5) is 14.0. The second-order valence-electron chi connectivity index (χ2n) is 6.49. The second-order valence-corrected chi connectivity index (χ2v) is 9.35. The third-order valence-corrected chi connectivity index (χ3v) is 6.96. The number of piperidine rings is 1. The lowest BCUT2D eigenvalue weighted by Gasteiger charge is -2.39. The Morgan fingerprint density at radius 1 is 1.32 bits per heavy atom. The Labute approximate surface area is 176 Å². The van der Waals surface area contributed by atoms with Crippen molar-refractivity contribution in [1.29, 1.82) is 0 Å². The van der Waals surface area contributed by atoms with Crippen molar-refractivity contribution in [2.45, 2.75) is 39.3 Å². The lowest BCUT2D eigenvalue weighted by molar-refractivity contribution is 0.136. The molecule has 28 heavy (non-hydrogen) atoms. The molecule has 154 valence electrons. The molecule has 0 bridgehead atoms. The van der Waals surface area contributed by atoms with Gasteiger partial charge in [0.05, 0.1) is 5.69 Å². The molecule has 1 aromatic carbocycles. The average molecular weight is 447 g/mol. The molecule has 1 amide bonds. The van der Waals surface area contributed by atoms with Crippen LogP contribution in [0.4, 0.5) is 10.5 Å². The van der Waals surface area contributed by atoms with Gasteiger partial charge in [-0.25, -0.2) is 13.2 Å². The van der Waals surface area contributed by atoms with Gasteiger partial charge in [0.25, 0.3) is 0 Å². The van der Waals surface area contributed by atoms with E-state index in [-0.39, 0.29) is 17.6 Å². The van der Waals surface area contributed by atoms with E-state index in [4.69, 9.17) is 27.9 Å². The first-order valence-corrected chi connectivity index (χ1v) is 11.1. The molecule has 0 radical (unpaired) electrons. The number of allylic oxidation sites excluding steroid dienone is 2. The quantitative estimate of drug-likeness (QED) is 0.662. The van der Waals surface area contributed by atoms with Crippen molar-refractivity contribution < 1.29 is 17.9 Å². The van der Waals surface area contributed by atoms with Crippen LogP contribution in [0.25, 0.3) is 0 Å². The van der Waals surface area contributed by atoms with E-state index in [1.807, 2.05) is 13.0 Å². The molecule has 1 fully saturated rings. The number of carbonyl (C=O) groups is 1. The van der Waals surface area contributed by atoms with Crippen LogP contribution in [0.3, 0.4) is 0 Å². The van der Waals surface area contributed by atoms with Crippen molar-refractivity contribution in [1.82, 2.24) is 4.31 Å². The standard InChI is InChI=1S/C16H19ClN2O4S.C3H5Cl/c1-11(2)24(21,22)18-7-5-14(6-8-18)19-15-4-3-13(17)9-12(15)10-23-16(19)20;1-2-3-4/h3-4,9,14H,1,5-8,10H2,2H3;2-3H,1H3/b;3-2+. The molecule has 2 aliphatic heterocycles. The van der Waals surface area contributed by atoms with Crippen LogP contribution >= 0.6 is 23.2 Å². The van der Waals surface area contributed by atoms with Crippen molar-refractivity contribution in [3.63, 3.8) is 0 Å². The summed E-state index contributed by atoms with van der Waals surface area (Å²) in [6.07, 6.45) is 2.46. The lowest BCUT2D eigenvalue weighted by Crippen LogP contribution is -2.50. The number of ether oxygens (including phenoxy) is 1. The molecule has 2 aliphatic rings. The predicted octanol–water partition coefficient (Wildman–Crippen LogP) is 4.88. The molecule has 9 heteroatoms. The molecular weight excluding hydrogens is 423 g/mol. The number of halogens is 2. The monoisotopic (exact) mass is 446 g/mol. The number of benzene rings is 1. The van der Waals surface area contributed by atoms with Crippen LogP contribution < -0.4 is 4.90 Å². The third kappa shape index (κ3) is 5.08. The molecule has 0 unspecified atom stereocenters. The van der Waals surface area contributed by atoms with Crippen LogP contribution in [0.2, 0.25) is 5.02 Å². The molecule has 0 saturated carbocycles. The maximum Gasteiger partial charge on any atom is 0.414 e. The first-order chi connectivity index (χ1) is 13.2. The molecule has 0 spiro atoms. The van der Waals surface area contributed by atoms with Crippen LogP contribution in [-0.2, 0) is 21.4 Å². The molecule has 3 rings (SSSR count). The Balaban J connectivity index is 0.000000640. The molecule has 1 saturated heterocycles. The normalized spacial score (nSPS) is 18.3. The minimum absolute atomic E-state index is 0.103. The Morgan fingerprint density at radius 3 is 2.46 bits per heavy atom. The predicted molar refractivity (Wildman–Crippen MR) is 113 cm³/mol. The molecule has 0 aliphatic carbocycles. The fourth-order valence-electron chi connectivity index (χ4n) is 3.12. The summed E-state index contributed by atoms with van der Waals surface area (Å²) in [7, 11) is -3.45. The highest BCUT2D eigenvalue weighted by molar-refractivity contribution is 7.92. The maximum atomic E-state index is 12.3. The van der Waals surface area contributed by atoms with Gasteiger partial charge in [0.2, 0.25) is 10.0 Å². The Kier molecular flexibility index (Phi) is 7.95. The average Bonchev–Trinajstić information content (AvgIpc) is 2.68. The van der Waals surface area contributed by atoms with Gasteiger partial charge in [-0.05, 0) is 50.4 Å². The smallest absolute Gasteiger partial charge is 0.414 e. The number of anilines is 1. The van der Waals surface area contributed by atoms with Crippen LogP contribution in [0.15, 0.2) is 41.3 Å². The fourth-order valence-corrected chi connectivity index (χ4v) is 4.45. The number of nitrogens with zero attached hydrogens (tertiary/aromatic N) is 2. The molecule has 0 aromatic heterocycles. The van der Waals surface area contributed by atoms with E-state index in [1.54, 1.807) is 23.1 Å². The van der Waals surface area contributed by atoms with Gasteiger partial charge in [0, 0.05) is 34.6 Å². The zero-order valence-electron chi connectivity index (χ0n) is 15.9. The summed E-state index contributed by atoms with van der Waals surface area (Å²) in [5.41, 5.74) is 3.12. The zero-order valence-corrected chi connectivity index (χ0v) is 18.2. The van der Waals surface area contributed by atoms with Crippen LogP contribution in [0, 0.1) is 0 Å². The third-order valence-electron chi connectivity index (χ3n) is 4.54. The van der Waals surface area contributed by atoms with Crippen LogP contribution in [0.5, 0.6) is 0 Å². The van der Waals surface area contributed by atoms with Crippen molar-refractivity contribution in [3.05, 3.63) is 51.9 Å². The van der Waals surface area contributed by atoms with E-state index in [1.165, 1.54) is 16.8 Å². The summed E-state index contributed by atoms with van der Waals surface area (Å²) in [6, 6.07) is 5.24. The zero-order chi connectivity index (χ0) is 20.9. The summed E-state index contributed by atoms with van der Waals surface area (Å²) >= 11 is 11.0. The second kappa shape index (κ2) is 9.78. The molecule has 6 nitrogen and oxygen atoms in total. The van der Waals surface area contributed by atoms with E-state index >= 15 is 0 Å². The Bertz CT molecular complexity index is 859. The van der Waals surface area contributed by atoms with Gasteiger partial charge in [-0.15, -0.1) is 0 Å². The van der Waals surface area contributed by atoms with Gasteiger partial charge in [-0.3, -0.25) is 4.90 Å².